The van der Waals surface area contributed by atoms with E-state index in [1.54, 1.807) is 0 Å². The van der Waals surface area contributed by atoms with Gasteiger partial charge in [-0.2, -0.15) is 0 Å². The molecule has 1 fully saturated rings. The number of aromatic nitrogens is 2. The van der Waals surface area contributed by atoms with Crippen molar-refractivity contribution in [2.45, 2.75) is 45.1 Å². The smallest absolute Gasteiger partial charge is 0.242 e. The standard InChI is InChI=1S/C13H19N3O/c17-13(15-7-3-4-8-15)9-16-10-14-11-5-1-2-6-12(11)16/h10H,1-9H2. The zero-order valence-corrected chi connectivity index (χ0v) is 10.2. The highest BCUT2D eigenvalue weighted by Crippen LogP contribution is 2.20. The molecule has 0 bridgehead atoms. The minimum absolute atomic E-state index is 0.258. The first kappa shape index (κ1) is 10.8. The van der Waals surface area contributed by atoms with Crippen LogP contribution in [0.25, 0.3) is 0 Å². The number of rotatable bonds is 2. The molecule has 0 saturated carbocycles. The molecular weight excluding hydrogens is 214 g/mol. The van der Waals surface area contributed by atoms with Gasteiger partial charge in [-0.15, -0.1) is 0 Å². The summed E-state index contributed by atoms with van der Waals surface area (Å²) < 4.78 is 2.06. The van der Waals surface area contributed by atoms with Gasteiger partial charge in [-0.1, -0.05) is 0 Å². The first-order chi connectivity index (χ1) is 8.34. The quantitative estimate of drug-likeness (QED) is 0.774. The molecule has 3 rings (SSSR count). The van der Waals surface area contributed by atoms with E-state index in [0.717, 1.165) is 38.8 Å². The molecule has 4 nitrogen and oxygen atoms in total. The van der Waals surface area contributed by atoms with Crippen molar-refractivity contribution in [3.8, 4) is 0 Å². The number of aryl methyl sites for hydroxylation is 1. The van der Waals surface area contributed by atoms with Gasteiger partial charge in [0.05, 0.1) is 12.0 Å². The molecule has 1 saturated heterocycles. The fraction of sp³-hybridized carbons (Fsp3) is 0.692. The summed E-state index contributed by atoms with van der Waals surface area (Å²) in [6.07, 6.45) is 8.81. The van der Waals surface area contributed by atoms with Crippen LogP contribution in [0.3, 0.4) is 0 Å². The molecule has 1 aliphatic heterocycles. The van der Waals surface area contributed by atoms with Crippen LogP contribution in [0.2, 0.25) is 0 Å². The Morgan fingerprint density at radius 1 is 1.18 bits per heavy atom. The average Bonchev–Trinajstić information content (AvgIpc) is 2.98. The third-order valence-corrected chi connectivity index (χ3v) is 3.87. The SMILES string of the molecule is O=C(Cn1cnc2c1CCCC2)N1CCCC1. The Hall–Kier alpha value is -1.32. The Morgan fingerprint density at radius 2 is 1.94 bits per heavy atom. The number of nitrogens with zero attached hydrogens (tertiary/aromatic N) is 3. The number of imidazole rings is 1. The predicted molar refractivity (Wildman–Crippen MR) is 64.7 cm³/mol. The Balaban J connectivity index is 1.72. The molecule has 0 radical (unpaired) electrons. The lowest BCUT2D eigenvalue weighted by molar-refractivity contribution is -0.130. The lowest BCUT2D eigenvalue weighted by atomic mass is 10.0. The number of likely N-dealkylation sites (tertiary alicyclic amines) is 1. The van der Waals surface area contributed by atoms with E-state index in [0.29, 0.717) is 6.54 Å². The van der Waals surface area contributed by atoms with Gasteiger partial charge in [-0.25, -0.2) is 4.98 Å². The zero-order chi connectivity index (χ0) is 11.7. The molecule has 0 atom stereocenters. The number of carbonyl (C=O) groups is 1. The summed E-state index contributed by atoms with van der Waals surface area (Å²) >= 11 is 0. The Morgan fingerprint density at radius 3 is 2.76 bits per heavy atom. The van der Waals surface area contributed by atoms with Crippen LogP contribution in [0.5, 0.6) is 0 Å². The van der Waals surface area contributed by atoms with Crippen molar-refractivity contribution < 1.29 is 4.79 Å². The Bertz CT molecular complexity index is 418. The van der Waals surface area contributed by atoms with Gasteiger partial charge in [0.1, 0.15) is 6.54 Å². The highest BCUT2D eigenvalue weighted by atomic mass is 16.2. The minimum Gasteiger partial charge on any atom is -0.341 e. The molecule has 0 spiro atoms. The lowest BCUT2D eigenvalue weighted by Gasteiger charge is -2.18. The van der Waals surface area contributed by atoms with E-state index >= 15 is 0 Å². The third kappa shape index (κ3) is 2.08. The van der Waals surface area contributed by atoms with Crippen LogP contribution in [0.15, 0.2) is 6.33 Å². The van der Waals surface area contributed by atoms with Crippen LogP contribution < -0.4 is 0 Å². The second-order valence-electron chi connectivity index (χ2n) is 5.06. The van der Waals surface area contributed by atoms with Gasteiger partial charge in [0.25, 0.3) is 0 Å². The van der Waals surface area contributed by atoms with Crippen molar-refractivity contribution in [2.24, 2.45) is 0 Å². The molecule has 2 heterocycles. The molecular formula is C13H19N3O. The normalized spacial score (nSPS) is 19.4. The number of hydrogen-bond acceptors (Lipinski definition) is 2. The van der Waals surface area contributed by atoms with Crippen molar-refractivity contribution >= 4 is 5.91 Å². The van der Waals surface area contributed by atoms with Crippen LogP contribution in [0.4, 0.5) is 0 Å². The molecule has 2 aliphatic rings. The number of fused-ring (bicyclic) bond motifs is 1. The van der Waals surface area contributed by atoms with Crippen LogP contribution >= 0.6 is 0 Å². The highest BCUT2D eigenvalue weighted by Gasteiger charge is 2.21. The summed E-state index contributed by atoms with van der Waals surface area (Å²) in [6.45, 7) is 2.37. The summed E-state index contributed by atoms with van der Waals surface area (Å²) in [7, 11) is 0. The minimum atomic E-state index is 0.258. The van der Waals surface area contributed by atoms with Gasteiger partial charge < -0.3 is 9.47 Å². The molecule has 1 amide bonds. The molecule has 4 heteroatoms. The Labute approximate surface area is 102 Å². The molecule has 0 N–H and O–H groups in total. The van der Waals surface area contributed by atoms with E-state index in [1.165, 1.54) is 24.2 Å². The second-order valence-corrected chi connectivity index (χ2v) is 5.06. The largest absolute Gasteiger partial charge is 0.341 e. The maximum Gasteiger partial charge on any atom is 0.242 e. The van der Waals surface area contributed by atoms with Gasteiger partial charge in [0.2, 0.25) is 5.91 Å². The maximum atomic E-state index is 12.1. The van der Waals surface area contributed by atoms with Crippen LogP contribution in [0.1, 0.15) is 37.1 Å². The molecule has 0 aromatic carbocycles. The molecule has 1 aliphatic carbocycles. The Kier molecular flexibility index (Phi) is 2.87. The van der Waals surface area contributed by atoms with E-state index in [2.05, 4.69) is 9.55 Å². The summed E-state index contributed by atoms with van der Waals surface area (Å²) in [6, 6.07) is 0. The van der Waals surface area contributed by atoms with Gasteiger partial charge >= 0.3 is 0 Å². The molecule has 1 aromatic rings. The van der Waals surface area contributed by atoms with Crippen molar-refractivity contribution in [1.29, 1.82) is 0 Å². The molecule has 1 aromatic heterocycles. The fourth-order valence-corrected chi connectivity index (χ4v) is 2.88. The fourth-order valence-electron chi connectivity index (χ4n) is 2.88. The van der Waals surface area contributed by atoms with E-state index in [4.69, 9.17) is 0 Å². The lowest BCUT2D eigenvalue weighted by Crippen LogP contribution is -2.31. The maximum absolute atomic E-state index is 12.1. The van der Waals surface area contributed by atoms with Crippen LogP contribution in [-0.2, 0) is 24.2 Å². The zero-order valence-electron chi connectivity index (χ0n) is 10.2. The van der Waals surface area contributed by atoms with Gasteiger partial charge in [-0.05, 0) is 38.5 Å². The first-order valence-electron chi connectivity index (χ1n) is 6.65. The van der Waals surface area contributed by atoms with Gasteiger partial charge in [-0.3, -0.25) is 4.79 Å². The van der Waals surface area contributed by atoms with Gasteiger partial charge in [0.15, 0.2) is 0 Å². The van der Waals surface area contributed by atoms with E-state index in [9.17, 15) is 4.79 Å². The van der Waals surface area contributed by atoms with Crippen LogP contribution in [-0.4, -0.2) is 33.4 Å². The average molecular weight is 233 g/mol. The van der Waals surface area contributed by atoms with Crippen molar-refractivity contribution in [3.63, 3.8) is 0 Å². The molecule has 0 unspecified atom stereocenters. The van der Waals surface area contributed by atoms with E-state index in [-0.39, 0.29) is 5.91 Å². The first-order valence-corrected chi connectivity index (χ1v) is 6.65. The number of hydrogen-bond donors (Lipinski definition) is 0. The van der Waals surface area contributed by atoms with E-state index in [1.807, 2.05) is 11.2 Å². The third-order valence-electron chi connectivity index (χ3n) is 3.87. The number of amides is 1. The van der Waals surface area contributed by atoms with E-state index < -0.39 is 0 Å². The summed E-state index contributed by atoms with van der Waals surface area (Å²) in [4.78, 5) is 18.5. The predicted octanol–water partition coefficient (Wildman–Crippen LogP) is 1.38. The number of carbonyl (C=O) groups excluding carboxylic acids is 1. The summed E-state index contributed by atoms with van der Waals surface area (Å²) in [5.41, 5.74) is 2.51. The van der Waals surface area contributed by atoms with Crippen molar-refractivity contribution in [3.05, 3.63) is 17.7 Å². The topological polar surface area (TPSA) is 38.1 Å². The van der Waals surface area contributed by atoms with Gasteiger partial charge in [0, 0.05) is 18.8 Å². The summed E-state index contributed by atoms with van der Waals surface area (Å²) in [5.74, 6) is 0.258. The van der Waals surface area contributed by atoms with Crippen molar-refractivity contribution in [1.82, 2.24) is 14.5 Å². The molecule has 92 valence electrons. The van der Waals surface area contributed by atoms with Crippen molar-refractivity contribution in [2.75, 3.05) is 13.1 Å². The molecule has 17 heavy (non-hydrogen) atoms. The second kappa shape index (κ2) is 4.51. The summed E-state index contributed by atoms with van der Waals surface area (Å²) in [5, 5.41) is 0. The highest BCUT2D eigenvalue weighted by molar-refractivity contribution is 5.76. The monoisotopic (exact) mass is 233 g/mol. The van der Waals surface area contributed by atoms with Crippen LogP contribution in [0, 0.1) is 0 Å².